The average Bonchev–Trinajstić information content (AvgIpc) is 3.55. The van der Waals surface area contributed by atoms with Crippen molar-refractivity contribution in [3.8, 4) is 56.7 Å². The summed E-state index contributed by atoms with van der Waals surface area (Å²) in [5.41, 5.74) is 7.98. The molecule has 4 heterocycles. The van der Waals surface area contributed by atoms with Gasteiger partial charge in [-0.2, -0.15) is 0 Å². The van der Waals surface area contributed by atoms with Crippen LogP contribution in [0.5, 0.6) is 0 Å². The van der Waals surface area contributed by atoms with E-state index >= 15 is 0 Å². The topological polar surface area (TPSA) is 77.6 Å². The number of hydrogen-bond acceptors (Lipinski definition) is 6. The molecule has 4 aromatic heterocycles. The first kappa shape index (κ1) is 26.8. The molecule has 0 aliphatic carbocycles. The molecule has 0 saturated carbocycles. The molecule has 6 heteroatoms. The van der Waals surface area contributed by atoms with Gasteiger partial charge in [0, 0.05) is 45.2 Å². The Hall–Kier alpha value is -6.53. The third-order valence-electron chi connectivity index (χ3n) is 8.46. The first-order chi connectivity index (χ1) is 23.3. The van der Waals surface area contributed by atoms with Crippen LogP contribution in [-0.2, 0) is 0 Å². The molecule has 0 spiro atoms. The van der Waals surface area contributed by atoms with E-state index < -0.39 is 0 Å². The highest BCUT2D eigenvalue weighted by Crippen LogP contribution is 2.40. The summed E-state index contributed by atoms with van der Waals surface area (Å²) >= 11 is 0. The average molecular weight is 604 g/mol. The fourth-order valence-electron chi connectivity index (χ4n) is 6.21. The summed E-state index contributed by atoms with van der Waals surface area (Å²) in [6.45, 7) is 0. The van der Waals surface area contributed by atoms with Crippen LogP contribution < -0.4 is 0 Å². The Morgan fingerprint density at radius 3 is 1.68 bits per heavy atom. The lowest BCUT2D eigenvalue weighted by molar-refractivity contribution is 0.668. The van der Waals surface area contributed by atoms with Gasteiger partial charge in [0.15, 0.2) is 23.1 Å². The summed E-state index contributed by atoms with van der Waals surface area (Å²) in [4.78, 5) is 24.1. The van der Waals surface area contributed by atoms with Gasteiger partial charge >= 0.3 is 0 Å². The summed E-state index contributed by atoms with van der Waals surface area (Å²) < 4.78 is 6.52. The molecule has 6 nitrogen and oxygen atoms in total. The van der Waals surface area contributed by atoms with Crippen molar-refractivity contribution in [2.75, 3.05) is 0 Å². The van der Waals surface area contributed by atoms with Gasteiger partial charge in [-0.25, -0.2) is 15.0 Å². The molecule has 220 valence electrons. The minimum Gasteiger partial charge on any atom is -0.454 e. The number of furan rings is 1. The molecule has 0 atom stereocenters. The van der Waals surface area contributed by atoms with Crippen LogP contribution in [0.15, 0.2) is 156 Å². The van der Waals surface area contributed by atoms with Crippen LogP contribution in [0.3, 0.4) is 0 Å². The van der Waals surface area contributed by atoms with Crippen LogP contribution in [0, 0.1) is 0 Å². The molecule has 0 N–H and O–H groups in total. The quantitative estimate of drug-likeness (QED) is 0.195. The SMILES string of the molecule is c1ccc(-c2nc(-c3ccccc3)nc(-c3ccc(-c4cccc5oc6c(-c7nccc8ccccc78)nccc6c45)cc3)n2)cc1. The van der Waals surface area contributed by atoms with Gasteiger partial charge in [-0.15, -0.1) is 0 Å². The number of benzene rings is 5. The lowest BCUT2D eigenvalue weighted by Crippen LogP contribution is -2.00. The number of fused-ring (bicyclic) bond motifs is 4. The summed E-state index contributed by atoms with van der Waals surface area (Å²) in [5.74, 6) is 1.89. The van der Waals surface area contributed by atoms with Crippen molar-refractivity contribution >= 4 is 32.7 Å². The van der Waals surface area contributed by atoms with Crippen molar-refractivity contribution in [1.82, 2.24) is 24.9 Å². The molecule has 0 radical (unpaired) electrons. The molecule has 0 amide bonds. The number of rotatable bonds is 5. The lowest BCUT2D eigenvalue weighted by Gasteiger charge is -2.09. The Bertz CT molecular complexity index is 2500. The van der Waals surface area contributed by atoms with Crippen molar-refractivity contribution in [2.45, 2.75) is 0 Å². The minimum atomic E-state index is 0.620. The lowest BCUT2D eigenvalue weighted by atomic mass is 9.98. The summed E-state index contributed by atoms with van der Waals surface area (Å²) in [6, 6.07) is 46.8. The smallest absolute Gasteiger partial charge is 0.164 e. The van der Waals surface area contributed by atoms with Crippen LogP contribution >= 0.6 is 0 Å². The van der Waals surface area contributed by atoms with Gasteiger partial charge in [-0.1, -0.05) is 121 Å². The molecule has 0 saturated heterocycles. The maximum Gasteiger partial charge on any atom is 0.164 e. The number of aromatic nitrogens is 5. The van der Waals surface area contributed by atoms with E-state index in [0.717, 1.165) is 71.9 Å². The number of pyridine rings is 2. The molecular weight excluding hydrogens is 578 g/mol. The van der Waals surface area contributed by atoms with E-state index in [9.17, 15) is 0 Å². The first-order valence-corrected chi connectivity index (χ1v) is 15.4. The fraction of sp³-hybridized carbons (Fsp3) is 0. The molecule has 0 bridgehead atoms. The Labute approximate surface area is 270 Å². The Morgan fingerprint density at radius 2 is 0.979 bits per heavy atom. The Morgan fingerprint density at radius 1 is 0.404 bits per heavy atom. The minimum absolute atomic E-state index is 0.620. The molecule has 0 fully saturated rings. The van der Waals surface area contributed by atoms with Gasteiger partial charge in [0.2, 0.25) is 0 Å². The van der Waals surface area contributed by atoms with E-state index in [1.54, 1.807) is 0 Å². The molecule has 5 aromatic carbocycles. The van der Waals surface area contributed by atoms with Gasteiger partial charge < -0.3 is 4.42 Å². The van der Waals surface area contributed by atoms with Crippen molar-refractivity contribution in [2.24, 2.45) is 0 Å². The zero-order valence-corrected chi connectivity index (χ0v) is 25.1. The highest BCUT2D eigenvalue weighted by Gasteiger charge is 2.19. The first-order valence-electron chi connectivity index (χ1n) is 15.4. The predicted octanol–water partition coefficient (Wildman–Crippen LogP) is 10.0. The van der Waals surface area contributed by atoms with Gasteiger partial charge in [0.05, 0.1) is 0 Å². The monoisotopic (exact) mass is 603 g/mol. The fourth-order valence-corrected chi connectivity index (χ4v) is 6.21. The normalized spacial score (nSPS) is 11.4. The van der Waals surface area contributed by atoms with Crippen LogP contribution in [0.4, 0.5) is 0 Å². The van der Waals surface area contributed by atoms with Gasteiger partial charge in [0.25, 0.3) is 0 Å². The third-order valence-corrected chi connectivity index (χ3v) is 8.46. The summed E-state index contributed by atoms with van der Waals surface area (Å²) in [7, 11) is 0. The van der Waals surface area contributed by atoms with Crippen molar-refractivity contribution in [3.05, 3.63) is 152 Å². The molecule has 0 unspecified atom stereocenters. The maximum absolute atomic E-state index is 6.52. The van der Waals surface area contributed by atoms with E-state index in [2.05, 4.69) is 42.5 Å². The summed E-state index contributed by atoms with van der Waals surface area (Å²) in [5, 5.41) is 4.18. The van der Waals surface area contributed by atoms with Crippen molar-refractivity contribution < 1.29 is 4.42 Å². The van der Waals surface area contributed by atoms with Crippen LogP contribution in [0.1, 0.15) is 0 Å². The zero-order valence-electron chi connectivity index (χ0n) is 25.1. The largest absolute Gasteiger partial charge is 0.454 e. The Balaban J connectivity index is 1.16. The molecule has 9 rings (SSSR count). The van der Waals surface area contributed by atoms with Crippen molar-refractivity contribution in [1.29, 1.82) is 0 Å². The van der Waals surface area contributed by atoms with Gasteiger partial charge in [-0.3, -0.25) is 9.97 Å². The second-order valence-electron chi connectivity index (χ2n) is 11.3. The zero-order chi connectivity index (χ0) is 31.2. The van der Waals surface area contributed by atoms with E-state index in [1.165, 1.54) is 0 Å². The van der Waals surface area contributed by atoms with Crippen LogP contribution in [-0.4, -0.2) is 24.9 Å². The van der Waals surface area contributed by atoms with Gasteiger partial charge in [-0.05, 0) is 34.7 Å². The predicted molar refractivity (Wildman–Crippen MR) is 187 cm³/mol. The van der Waals surface area contributed by atoms with Crippen LogP contribution in [0.2, 0.25) is 0 Å². The molecule has 47 heavy (non-hydrogen) atoms. The second-order valence-corrected chi connectivity index (χ2v) is 11.3. The third kappa shape index (κ3) is 4.71. The van der Waals surface area contributed by atoms with Crippen molar-refractivity contribution in [3.63, 3.8) is 0 Å². The van der Waals surface area contributed by atoms with E-state index in [0.29, 0.717) is 17.5 Å². The molecular formula is C41H25N5O. The summed E-state index contributed by atoms with van der Waals surface area (Å²) in [6.07, 6.45) is 3.66. The highest BCUT2D eigenvalue weighted by atomic mass is 16.3. The Kier molecular flexibility index (Phi) is 6.35. The molecule has 9 aromatic rings. The standard InChI is InChI=1S/C41H25N5O/c1-3-11-28(12-4-1)39-44-40(29-13-5-2-6-14-29)46-41(45-39)30-20-18-27(19-21-30)31-16-9-17-34-35(31)33-23-25-43-37(38(33)47-34)36-32-15-8-7-10-26(32)22-24-42-36/h1-25H. The van der Waals surface area contributed by atoms with E-state index in [4.69, 9.17) is 29.3 Å². The van der Waals surface area contributed by atoms with Crippen LogP contribution in [0.25, 0.3) is 89.4 Å². The maximum atomic E-state index is 6.52. The molecule has 0 aliphatic rings. The highest BCUT2D eigenvalue weighted by molar-refractivity contribution is 6.15. The van der Waals surface area contributed by atoms with Gasteiger partial charge in [0.1, 0.15) is 17.0 Å². The molecule has 0 aliphatic heterocycles. The van der Waals surface area contributed by atoms with E-state index in [1.807, 2.05) is 109 Å². The second kappa shape index (κ2) is 11.1. The number of hydrogen-bond donors (Lipinski definition) is 0. The van der Waals surface area contributed by atoms with E-state index in [-0.39, 0.29) is 0 Å². The number of nitrogens with zero attached hydrogens (tertiary/aromatic N) is 5.